The lowest BCUT2D eigenvalue weighted by molar-refractivity contribution is -0.130. The first kappa shape index (κ1) is 7.54. The molecular formula is C7H13NO2. The molecule has 0 radical (unpaired) electrons. The molecule has 1 atom stereocenters. The number of hydrogen-bond acceptors (Lipinski definition) is 2. The highest BCUT2D eigenvalue weighted by atomic mass is 16.5. The summed E-state index contributed by atoms with van der Waals surface area (Å²) in [6, 6.07) is 0. The Balaban J connectivity index is 2.73. The lowest BCUT2D eigenvalue weighted by atomic mass is 9.90. The fourth-order valence-electron chi connectivity index (χ4n) is 1.28. The maximum absolute atomic E-state index is 11.0. The van der Waals surface area contributed by atoms with Crippen molar-refractivity contribution in [1.29, 1.82) is 0 Å². The molecule has 10 heavy (non-hydrogen) atoms. The van der Waals surface area contributed by atoms with Crippen molar-refractivity contribution >= 4 is 5.91 Å². The molecule has 0 aromatic carbocycles. The maximum Gasteiger partial charge on any atom is 0.249 e. The SMILES string of the molecule is COC1C(=O)NCC1(C)C. The van der Waals surface area contributed by atoms with Gasteiger partial charge in [-0.1, -0.05) is 13.8 Å². The van der Waals surface area contributed by atoms with Crippen LogP contribution in [0.4, 0.5) is 0 Å². The van der Waals surface area contributed by atoms with E-state index in [1.807, 2.05) is 13.8 Å². The summed E-state index contributed by atoms with van der Waals surface area (Å²) in [6.07, 6.45) is -0.271. The zero-order chi connectivity index (χ0) is 7.78. The van der Waals surface area contributed by atoms with Gasteiger partial charge in [0, 0.05) is 19.1 Å². The molecule has 0 aromatic rings. The minimum Gasteiger partial charge on any atom is -0.371 e. The molecule has 1 aliphatic heterocycles. The van der Waals surface area contributed by atoms with Crippen LogP contribution in [0.5, 0.6) is 0 Å². The van der Waals surface area contributed by atoms with E-state index >= 15 is 0 Å². The average Bonchev–Trinajstić information content (AvgIpc) is 2.07. The fourth-order valence-corrected chi connectivity index (χ4v) is 1.28. The maximum atomic E-state index is 11.0. The second kappa shape index (κ2) is 2.23. The molecule has 0 aliphatic carbocycles. The van der Waals surface area contributed by atoms with Gasteiger partial charge in [-0.3, -0.25) is 4.79 Å². The number of nitrogens with one attached hydrogen (secondary N) is 1. The number of hydrogen-bond donors (Lipinski definition) is 1. The Morgan fingerprint density at radius 2 is 2.30 bits per heavy atom. The molecule has 1 unspecified atom stereocenters. The highest BCUT2D eigenvalue weighted by molar-refractivity contribution is 5.84. The summed E-state index contributed by atoms with van der Waals surface area (Å²) in [5, 5.41) is 2.75. The second-order valence-electron chi connectivity index (χ2n) is 3.32. The van der Waals surface area contributed by atoms with Crippen molar-refractivity contribution in [2.45, 2.75) is 20.0 Å². The summed E-state index contributed by atoms with van der Waals surface area (Å²) < 4.78 is 5.03. The highest BCUT2D eigenvalue weighted by Gasteiger charge is 2.41. The molecule has 1 N–H and O–H groups in total. The molecule has 1 heterocycles. The molecule has 3 heteroatoms. The molecule has 0 bridgehead atoms. The van der Waals surface area contributed by atoms with Gasteiger partial charge in [-0.05, 0) is 0 Å². The van der Waals surface area contributed by atoms with Crippen LogP contribution in [-0.2, 0) is 9.53 Å². The summed E-state index contributed by atoms with van der Waals surface area (Å²) in [7, 11) is 1.57. The Bertz CT molecular complexity index is 154. The molecule has 3 nitrogen and oxygen atoms in total. The van der Waals surface area contributed by atoms with E-state index in [9.17, 15) is 4.79 Å². The van der Waals surface area contributed by atoms with E-state index in [2.05, 4.69) is 5.32 Å². The van der Waals surface area contributed by atoms with Crippen LogP contribution >= 0.6 is 0 Å². The van der Waals surface area contributed by atoms with Crippen molar-refractivity contribution in [3.63, 3.8) is 0 Å². The first-order valence-corrected chi connectivity index (χ1v) is 3.38. The molecule has 1 aliphatic rings. The molecule has 58 valence electrons. The van der Waals surface area contributed by atoms with Gasteiger partial charge in [0.1, 0.15) is 6.10 Å². The zero-order valence-corrected chi connectivity index (χ0v) is 6.60. The number of rotatable bonds is 1. The molecule has 1 saturated heterocycles. The number of ether oxygens (including phenoxy) is 1. The molecule has 0 aromatic heterocycles. The van der Waals surface area contributed by atoms with E-state index < -0.39 is 0 Å². The van der Waals surface area contributed by atoms with Gasteiger partial charge in [0.25, 0.3) is 0 Å². The first-order valence-electron chi connectivity index (χ1n) is 3.38. The van der Waals surface area contributed by atoms with Crippen LogP contribution in [-0.4, -0.2) is 25.7 Å². The third kappa shape index (κ3) is 1.01. The van der Waals surface area contributed by atoms with Crippen LogP contribution in [0.2, 0.25) is 0 Å². The summed E-state index contributed by atoms with van der Waals surface area (Å²) in [5.41, 5.74) is -0.0498. The van der Waals surface area contributed by atoms with Gasteiger partial charge in [-0.2, -0.15) is 0 Å². The number of carbonyl (C=O) groups is 1. The van der Waals surface area contributed by atoms with Crippen molar-refractivity contribution in [1.82, 2.24) is 5.32 Å². The van der Waals surface area contributed by atoms with E-state index in [-0.39, 0.29) is 17.4 Å². The van der Waals surface area contributed by atoms with Crippen molar-refractivity contribution in [3.8, 4) is 0 Å². The summed E-state index contributed by atoms with van der Waals surface area (Å²) in [5.74, 6) is 0.00694. The van der Waals surface area contributed by atoms with Crippen LogP contribution in [0.1, 0.15) is 13.8 Å². The minimum absolute atomic E-state index is 0.00694. The Morgan fingerprint density at radius 3 is 2.50 bits per heavy atom. The minimum atomic E-state index is -0.271. The second-order valence-corrected chi connectivity index (χ2v) is 3.32. The number of methoxy groups -OCH3 is 1. The predicted molar refractivity (Wildman–Crippen MR) is 37.6 cm³/mol. The van der Waals surface area contributed by atoms with Crippen LogP contribution in [0, 0.1) is 5.41 Å². The Labute approximate surface area is 60.7 Å². The van der Waals surface area contributed by atoms with Crippen molar-refractivity contribution < 1.29 is 9.53 Å². The topological polar surface area (TPSA) is 38.3 Å². The van der Waals surface area contributed by atoms with Gasteiger partial charge in [-0.25, -0.2) is 0 Å². The van der Waals surface area contributed by atoms with Gasteiger partial charge in [0.2, 0.25) is 5.91 Å². The van der Waals surface area contributed by atoms with Gasteiger partial charge in [0.15, 0.2) is 0 Å². The molecule has 0 spiro atoms. The van der Waals surface area contributed by atoms with Crippen molar-refractivity contribution in [2.75, 3.05) is 13.7 Å². The third-order valence-electron chi connectivity index (χ3n) is 1.90. The number of carbonyl (C=O) groups excluding carboxylic acids is 1. The Kier molecular flexibility index (Phi) is 1.68. The lowest BCUT2D eigenvalue weighted by Gasteiger charge is -2.21. The van der Waals surface area contributed by atoms with Crippen LogP contribution < -0.4 is 5.32 Å². The van der Waals surface area contributed by atoms with E-state index in [1.165, 1.54) is 0 Å². The van der Waals surface area contributed by atoms with Crippen molar-refractivity contribution in [2.24, 2.45) is 5.41 Å². The van der Waals surface area contributed by atoms with Gasteiger partial charge in [-0.15, -0.1) is 0 Å². The van der Waals surface area contributed by atoms with Crippen LogP contribution in [0.15, 0.2) is 0 Å². The molecule has 1 rings (SSSR count). The van der Waals surface area contributed by atoms with Gasteiger partial charge < -0.3 is 10.1 Å². The molecule has 0 saturated carbocycles. The summed E-state index contributed by atoms with van der Waals surface area (Å²) in [6.45, 7) is 4.74. The van der Waals surface area contributed by atoms with Crippen molar-refractivity contribution in [3.05, 3.63) is 0 Å². The zero-order valence-electron chi connectivity index (χ0n) is 6.60. The Hall–Kier alpha value is -0.570. The smallest absolute Gasteiger partial charge is 0.249 e. The van der Waals surface area contributed by atoms with E-state index in [0.29, 0.717) is 6.54 Å². The monoisotopic (exact) mass is 143 g/mol. The lowest BCUT2D eigenvalue weighted by Crippen LogP contribution is -2.32. The molecular weight excluding hydrogens is 130 g/mol. The van der Waals surface area contributed by atoms with E-state index in [4.69, 9.17) is 4.74 Å². The summed E-state index contributed by atoms with van der Waals surface area (Å²) in [4.78, 5) is 11.0. The largest absolute Gasteiger partial charge is 0.371 e. The molecule has 1 fully saturated rings. The van der Waals surface area contributed by atoms with E-state index in [1.54, 1.807) is 7.11 Å². The fraction of sp³-hybridized carbons (Fsp3) is 0.857. The molecule has 1 amide bonds. The van der Waals surface area contributed by atoms with Crippen LogP contribution in [0.3, 0.4) is 0 Å². The first-order chi connectivity index (χ1) is 4.58. The normalized spacial score (nSPS) is 30.3. The number of amides is 1. The van der Waals surface area contributed by atoms with Gasteiger partial charge >= 0.3 is 0 Å². The standard InChI is InChI=1S/C7H13NO2/c1-7(2)4-8-6(9)5(7)10-3/h5H,4H2,1-3H3,(H,8,9). The average molecular weight is 143 g/mol. The Morgan fingerprint density at radius 1 is 1.70 bits per heavy atom. The summed E-state index contributed by atoms with van der Waals surface area (Å²) >= 11 is 0. The van der Waals surface area contributed by atoms with E-state index in [0.717, 1.165) is 0 Å². The van der Waals surface area contributed by atoms with Gasteiger partial charge in [0.05, 0.1) is 0 Å². The third-order valence-corrected chi connectivity index (χ3v) is 1.90. The van der Waals surface area contributed by atoms with Crippen LogP contribution in [0.25, 0.3) is 0 Å². The quantitative estimate of drug-likeness (QED) is 0.567. The predicted octanol–water partition coefficient (Wildman–Crippen LogP) is 0.157. The highest BCUT2D eigenvalue weighted by Crippen LogP contribution is 2.26.